The van der Waals surface area contributed by atoms with Crippen LogP contribution in [0.4, 0.5) is 5.69 Å². The molecule has 0 radical (unpaired) electrons. The van der Waals surface area contributed by atoms with E-state index in [-0.39, 0.29) is 51.0 Å². The highest BCUT2D eigenvalue weighted by Crippen LogP contribution is 2.22. The van der Waals surface area contributed by atoms with Crippen LogP contribution in [-0.4, -0.2) is 99.9 Å². The van der Waals surface area contributed by atoms with Gasteiger partial charge in [0.05, 0.1) is 6.10 Å². The van der Waals surface area contributed by atoms with Crippen molar-refractivity contribution >= 4 is 57.9 Å². The molecule has 1 aliphatic heterocycles. The molecule has 0 saturated carbocycles. The summed E-state index contributed by atoms with van der Waals surface area (Å²) in [6.45, 7) is 1.60. The number of para-hydroxylation sites is 1. The number of nitrogens with zero attached hydrogens (tertiary/aromatic N) is 1. The number of hydrogen-bond acceptors (Lipinski definition) is 9. The van der Waals surface area contributed by atoms with Gasteiger partial charge in [0.1, 0.15) is 36.3 Å². The second-order valence-electron chi connectivity index (χ2n) is 19.5. The van der Waals surface area contributed by atoms with Crippen LogP contribution >= 0.6 is 0 Å². The van der Waals surface area contributed by atoms with Crippen LogP contribution in [0.3, 0.4) is 0 Å². The summed E-state index contributed by atoms with van der Waals surface area (Å²) in [6, 6.07) is 33.9. The number of aliphatic hydroxyl groups excluding tert-OH is 1. The molecule has 1 aliphatic rings. The largest absolute Gasteiger partial charge is 0.399 e. The Balaban J connectivity index is 1.26. The third-order valence-corrected chi connectivity index (χ3v) is 13.5. The number of aryl methyl sites for hydroxylation is 1. The zero-order valence-electron chi connectivity index (χ0n) is 43.0. The number of benzene rings is 5. The molecule has 7 atom stereocenters. The molecule has 0 unspecified atom stereocenters. The van der Waals surface area contributed by atoms with Gasteiger partial charge in [-0.25, -0.2) is 0 Å². The van der Waals surface area contributed by atoms with Crippen LogP contribution < -0.4 is 43.0 Å². The Hall–Kier alpha value is -8.31. The van der Waals surface area contributed by atoms with Gasteiger partial charge in [-0.3, -0.25) is 33.6 Å². The van der Waals surface area contributed by atoms with E-state index in [2.05, 4.69) is 37.2 Å². The lowest BCUT2D eigenvalue weighted by Gasteiger charge is -2.28. The number of rotatable bonds is 11. The first-order valence-corrected chi connectivity index (χ1v) is 26.0. The van der Waals surface area contributed by atoms with Crippen molar-refractivity contribution in [2.75, 3.05) is 12.3 Å². The maximum atomic E-state index is 15.1. The minimum atomic E-state index is -1.58. The van der Waals surface area contributed by atoms with Gasteiger partial charge < -0.3 is 52.6 Å². The quantitative estimate of drug-likeness (QED) is 0.0858. The summed E-state index contributed by atoms with van der Waals surface area (Å²) in [5.74, 6) is -4.59. The van der Waals surface area contributed by atoms with Crippen LogP contribution in [0, 0.1) is 0 Å². The number of nitrogens with one attached hydrogen (secondary N) is 7. The number of carbonyl (C=O) groups excluding carboxylic acids is 7. The van der Waals surface area contributed by atoms with Gasteiger partial charge in [-0.15, -0.1) is 0 Å². The predicted molar refractivity (Wildman–Crippen MR) is 291 cm³/mol. The maximum absolute atomic E-state index is 15.1. The molecule has 0 spiro atoms. The average Bonchev–Trinajstić information content (AvgIpc) is 3.74. The molecular weight excluding hydrogens is 963 g/mol. The smallest absolute Gasteiger partial charge is 0.245 e. The zero-order valence-corrected chi connectivity index (χ0v) is 43.0. The van der Waals surface area contributed by atoms with Gasteiger partial charge in [0.15, 0.2) is 0 Å². The van der Waals surface area contributed by atoms with Crippen molar-refractivity contribution in [1.82, 2.24) is 41.8 Å². The lowest BCUT2D eigenvalue weighted by molar-refractivity contribution is -0.136. The molecule has 1 fully saturated rings. The van der Waals surface area contributed by atoms with Crippen molar-refractivity contribution in [3.05, 3.63) is 174 Å². The van der Waals surface area contributed by atoms with E-state index >= 15 is 4.79 Å². The van der Waals surface area contributed by atoms with Gasteiger partial charge in [-0.2, -0.15) is 0 Å². The molecule has 17 nitrogen and oxygen atoms in total. The summed E-state index contributed by atoms with van der Waals surface area (Å²) in [5.41, 5.74) is 10.9. The lowest BCUT2D eigenvalue weighted by atomic mass is 9.99. The number of aliphatic hydroxyl groups is 1. The molecule has 7 amide bonds. The molecule has 6 aromatic rings. The normalized spacial score (nSPS) is 21.7. The Morgan fingerprint density at radius 3 is 1.43 bits per heavy atom. The molecule has 7 rings (SSSR count). The highest BCUT2D eigenvalue weighted by molar-refractivity contribution is 5.98. The predicted octanol–water partition coefficient (Wildman–Crippen LogP) is 3.64. The van der Waals surface area contributed by atoms with E-state index in [1.54, 1.807) is 24.3 Å². The van der Waals surface area contributed by atoms with Crippen LogP contribution in [0.1, 0.15) is 66.8 Å². The van der Waals surface area contributed by atoms with Crippen LogP contribution in [0.15, 0.2) is 146 Å². The van der Waals surface area contributed by atoms with Gasteiger partial charge in [0.25, 0.3) is 0 Å². The Morgan fingerprint density at radius 2 is 0.908 bits per heavy atom. The van der Waals surface area contributed by atoms with Crippen LogP contribution in [0.5, 0.6) is 0 Å². The topological polar surface area (TPSA) is 255 Å². The fraction of sp³-hybridized carbons (Fsp3) is 0.339. The fourth-order valence-corrected chi connectivity index (χ4v) is 9.40. The van der Waals surface area contributed by atoms with Gasteiger partial charge >= 0.3 is 0 Å². The highest BCUT2D eigenvalue weighted by Gasteiger charge is 2.36. The monoisotopic (exact) mass is 1030 g/mol. The number of nitrogens with two attached hydrogens (primary N) is 1. The Kier molecular flexibility index (Phi) is 19.9. The molecule has 2 heterocycles. The van der Waals surface area contributed by atoms with E-state index in [9.17, 15) is 33.9 Å². The van der Waals surface area contributed by atoms with Crippen LogP contribution in [0.25, 0.3) is 10.9 Å². The van der Waals surface area contributed by atoms with Crippen molar-refractivity contribution in [2.24, 2.45) is 7.05 Å². The SMILES string of the molecule is C[C@@H](O)[C@@H]1NC(=O)[C@H](Cc2ccc(N)cc2)NC(=O)[C@H](Cc2cn(C)c3ccccc23)NC(=O)[C@H](Cc2ccccc2)NC(=O)[C@H](Cc2ccccc2)NC(=O)CCCCCCNC(=O)[C@H](Cc2ccccc2)NC1=O. The van der Waals surface area contributed by atoms with E-state index in [0.717, 1.165) is 22.0 Å². The van der Waals surface area contributed by atoms with Crippen molar-refractivity contribution in [3.8, 4) is 0 Å². The molecular formula is C59H69N9O8. The average molecular weight is 1030 g/mol. The number of anilines is 1. The van der Waals surface area contributed by atoms with Crippen molar-refractivity contribution < 1.29 is 38.7 Å². The van der Waals surface area contributed by atoms with Crippen LogP contribution in [0.2, 0.25) is 0 Å². The lowest BCUT2D eigenvalue weighted by Crippen LogP contribution is -2.62. The molecule has 0 aliphatic carbocycles. The van der Waals surface area contributed by atoms with Gasteiger partial charge in [-0.05, 0) is 65.8 Å². The Morgan fingerprint density at radius 1 is 0.487 bits per heavy atom. The fourth-order valence-electron chi connectivity index (χ4n) is 9.40. The maximum Gasteiger partial charge on any atom is 0.245 e. The van der Waals surface area contributed by atoms with Gasteiger partial charge in [0, 0.05) is 74.9 Å². The first-order valence-electron chi connectivity index (χ1n) is 26.0. The second-order valence-corrected chi connectivity index (χ2v) is 19.5. The molecule has 0 bridgehead atoms. The Bertz CT molecular complexity index is 2910. The number of nitrogen functional groups attached to an aromatic ring is 1. The van der Waals surface area contributed by atoms with Gasteiger partial charge in [-0.1, -0.05) is 134 Å². The molecule has 1 saturated heterocycles. The molecule has 10 N–H and O–H groups in total. The third kappa shape index (κ3) is 16.1. The number of carbonyl (C=O) groups is 7. The van der Waals surface area contributed by atoms with Crippen molar-refractivity contribution in [2.45, 2.75) is 113 Å². The van der Waals surface area contributed by atoms with E-state index < -0.39 is 77.8 Å². The van der Waals surface area contributed by atoms with Crippen molar-refractivity contribution in [3.63, 3.8) is 0 Å². The molecule has 17 heteroatoms. The second kappa shape index (κ2) is 27.3. The van der Waals surface area contributed by atoms with E-state index in [4.69, 9.17) is 5.73 Å². The highest BCUT2D eigenvalue weighted by atomic mass is 16.3. The summed E-state index contributed by atoms with van der Waals surface area (Å²) >= 11 is 0. The van der Waals surface area contributed by atoms with E-state index in [1.807, 2.05) is 133 Å². The number of hydrogen-bond donors (Lipinski definition) is 9. The number of amides is 7. The molecule has 398 valence electrons. The van der Waals surface area contributed by atoms with Crippen LogP contribution in [-0.2, 0) is 72.7 Å². The summed E-state index contributed by atoms with van der Waals surface area (Å²) in [6.07, 6.45) is 2.97. The standard InChI is InChI=1S/C59H69N9O8/c1-38(69)53-59(76)66-46(32-39-18-8-5-9-19-39)54(71)61-31-17-4-3-14-26-52(70)62-47(33-40-20-10-6-11-21-40)55(72)63-48(34-41-22-12-7-13-23-41)56(73)65-50(36-43-37-68(2)51-25-16-15-24-45(43)51)57(74)64-49(58(75)67-53)35-42-27-29-44(60)30-28-42/h5-13,15-16,18-25,27-30,37-38,46-50,53,69H,3-4,14,17,26,31-36,60H2,1-2H3,(H,61,71)(H,62,70)(H,63,72)(H,64,74)(H,65,73)(H,66,76)(H,67,75)/t38-,46+,47+,48+,49+,50+,53+/m1/s1. The number of fused-ring (bicyclic) bond motifs is 1. The first kappa shape index (κ1) is 55.4. The summed E-state index contributed by atoms with van der Waals surface area (Å²) in [4.78, 5) is 101. The minimum absolute atomic E-state index is 0.0185. The van der Waals surface area contributed by atoms with E-state index in [0.29, 0.717) is 48.1 Å². The van der Waals surface area contributed by atoms with Crippen molar-refractivity contribution in [1.29, 1.82) is 0 Å². The van der Waals surface area contributed by atoms with E-state index in [1.165, 1.54) is 6.92 Å². The summed E-state index contributed by atoms with van der Waals surface area (Å²) < 4.78 is 1.90. The summed E-state index contributed by atoms with van der Waals surface area (Å²) in [5, 5.41) is 31.9. The molecule has 5 aromatic carbocycles. The zero-order chi connectivity index (χ0) is 54.0. The summed E-state index contributed by atoms with van der Waals surface area (Å²) in [7, 11) is 1.86. The number of aromatic nitrogens is 1. The minimum Gasteiger partial charge on any atom is -0.399 e. The Labute approximate surface area is 443 Å². The molecule has 76 heavy (non-hydrogen) atoms. The third-order valence-electron chi connectivity index (χ3n) is 13.5. The molecule has 1 aromatic heterocycles. The first-order chi connectivity index (χ1) is 36.7. The van der Waals surface area contributed by atoms with Gasteiger partial charge in [0.2, 0.25) is 41.4 Å².